The lowest BCUT2D eigenvalue weighted by atomic mass is 10.2. The van der Waals surface area contributed by atoms with Gasteiger partial charge < -0.3 is 5.32 Å². The Balaban J connectivity index is 2.58. The van der Waals surface area contributed by atoms with Gasteiger partial charge in [-0.3, -0.25) is 9.69 Å². The smallest absolute Gasteiger partial charge is 0.251 e. The normalized spacial score (nSPS) is 12.5. The van der Waals surface area contributed by atoms with E-state index in [1.165, 1.54) is 0 Å². The Morgan fingerprint density at radius 3 is 2.42 bits per heavy atom. The van der Waals surface area contributed by atoms with Gasteiger partial charge in [0.25, 0.3) is 5.91 Å². The highest BCUT2D eigenvalue weighted by atomic mass is 35.5. The fourth-order valence-corrected chi connectivity index (χ4v) is 2.25. The molecule has 3 nitrogen and oxygen atoms in total. The standard InChI is InChI=1S/C14H20Cl2N2O/c1-4-18(5-2)10(3)9-17-14(19)11-6-7-12(15)13(16)8-11/h6-8,10H,4-5,9H2,1-3H3,(H,17,19). The van der Waals surface area contributed by atoms with E-state index in [4.69, 9.17) is 23.2 Å². The summed E-state index contributed by atoms with van der Waals surface area (Å²) in [6.45, 7) is 8.88. The highest BCUT2D eigenvalue weighted by Gasteiger charge is 2.13. The lowest BCUT2D eigenvalue weighted by Crippen LogP contribution is -2.42. The van der Waals surface area contributed by atoms with E-state index in [-0.39, 0.29) is 5.91 Å². The number of hydrogen-bond acceptors (Lipinski definition) is 2. The molecule has 0 radical (unpaired) electrons. The fourth-order valence-electron chi connectivity index (χ4n) is 1.96. The van der Waals surface area contributed by atoms with Gasteiger partial charge in [0, 0.05) is 18.2 Å². The zero-order valence-corrected chi connectivity index (χ0v) is 13.1. The highest BCUT2D eigenvalue weighted by molar-refractivity contribution is 6.42. The molecule has 0 aliphatic carbocycles. The van der Waals surface area contributed by atoms with Crippen molar-refractivity contribution in [1.82, 2.24) is 10.2 Å². The molecule has 0 bridgehead atoms. The fraction of sp³-hybridized carbons (Fsp3) is 0.500. The molecule has 0 heterocycles. The lowest BCUT2D eigenvalue weighted by molar-refractivity contribution is 0.0938. The van der Waals surface area contributed by atoms with Crippen LogP contribution in [-0.4, -0.2) is 36.5 Å². The number of halogens is 2. The molecule has 0 spiro atoms. The van der Waals surface area contributed by atoms with Gasteiger partial charge in [0.2, 0.25) is 0 Å². The van der Waals surface area contributed by atoms with Crippen LogP contribution in [0.4, 0.5) is 0 Å². The summed E-state index contributed by atoms with van der Waals surface area (Å²) in [5, 5.41) is 3.76. The van der Waals surface area contributed by atoms with Gasteiger partial charge in [0.15, 0.2) is 0 Å². The third-order valence-electron chi connectivity index (χ3n) is 3.18. The van der Waals surface area contributed by atoms with E-state index in [1.54, 1.807) is 18.2 Å². The van der Waals surface area contributed by atoms with Gasteiger partial charge in [0.05, 0.1) is 10.0 Å². The van der Waals surface area contributed by atoms with Crippen LogP contribution in [0.5, 0.6) is 0 Å². The number of hydrogen-bond donors (Lipinski definition) is 1. The average Bonchev–Trinajstić information content (AvgIpc) is 2.40. The third-order valence-corrected chi connectivity index (χ3v) is 3.91. The van der Waals surface area contributed by atoms with Crippen molar-refractivity contribution in [1.29, 1.82) is 0 Å². The summed E-state index contributed by atoms with van der Waals surface area (Å²) in [7, 11) is 0. The Morgan fingerprint density at radius 1 is 1.26 bits per heavy atom. The molecule has 1 unspecified atom stereocenters. The van der Waals surface area contributed by atoms with Crippen LogP contribution in [0, 0.1) is 0 Å². The summed E-state index contributed by atoms with van der Waals surface area (Å²) in [5.74, 6) is -0.127. The Hall–Kier alpha value is -0.770. The molecule has 0 saturated heterocycles. The number of benzene rings is 1. The van der Waals surface area contributed by atoms with Crippen LogP contribution >= 0.6 is 23.2 Å². The van der Waals surface area contributed by atoms with Crippen molar-refractivity contribution in [3.05, 3.63) is 33.8 Å². The Labute approximate surface area is 124 Å². The highest BCUT2D eigenvalue weighted by Crippen LogP contribution is 2.22. The molecular formula is C14H20Cl2N2O. The predicted octanol–water partition coefficient (Wildman–Crippen LogP) is 3.45. The minimum absolute atomic E-state index is 0.127. The van der Waals surface area contributed by atoms with Crippen LogP contribution in [0.1, 0.15) is 31.1 Å². The first-order chi connectivity index (χ1) is 8.99. The summed E-state index contributed by atoms with van der Waals surface area (Å²) >= 11 is 11.7. The zero-order chi connectivity index (χ0) is 14.4. The van der Waals surface area contributed by atoms with Crippen LogP contribution < -0.4 is 5.32 Å². The van der Waals surface area contributed by atoms with Crippen LogP contribution in [0.2, 0.25) is 10.0 Å². The summed E-state index contributed by atoms with van der Waals surface area (Å²) < 4.78 is 0. The average molecular weight is 303 g/mol. The minimum atomic E-state index is -0.127. The number of nitrogens with zero attached hydrogens (tertiary/aromatic N) is 1. The minimum Gasteiger partial charge on any atom is -0.350 e. The molecule has 106 valence electrons. The molecule has 0 saturated carbocycles. The number of likely N-dealkylation sites (N-methyl/N-ethyl adjacent to an activating group) is 1. The second-order valence-electron chi connectivity index (χ2n) is 4.41. The lowest BCUT2D eigenvalue weighted by Gasteiger charge is -2.26. The molecule has 1 aromatic rings. The first-order valence-electron chi connectivity index (χ1n) is 6.46. The number of rotatable bonds is 6. The van der Waals surface area contributed by atoms with Crippen LogP contribution in [-0.2, 0) is 0 Å². The maximum Gasteiger partial charge on any atom is 0.251 e. The van der Waals surface area contributed by atoms with E-state index in [1.807, 2.05) is 0 Å². The number of carbonyl (C=O) groups is 1. The third kappa shape index (κ3) is 4.68. The second-order valence-corrected chi connectivity index (χ2v) is 5.22. The summed E-state index contributed by atoms with van der Waals surface area (Å²) in [6.07, 6.45) is 0. The SMILES string of the molecule is CCN(CC)C(C)CNC(=O)c1ccc(Cl)c(Cl)c1. The molecule has 1 amide bonds. The maximum atomic E-state index is 12.0. The molecule has 19 heavy (non-hydrogen) atoms. The number of carbonyl (C=O) groups excluding carboxylic acids is 1. The van der Waals surface area contributed by atoms with E-state index in [2.05, 4.69) is 31.0 Å². The van der Waals surface area contributed by atoms with Crippen molar-refractivity contribution in [2.24, 2.45) is 0 Å². The molecule has 1 atom stereocenters. The Morgan fingerprint density at radius 2 is 1.89 bits per heavy atom. The van der Waals surface area contributed by atoms with Crippen molar-refractivity contribution < 1.29 is 4.79 Å². The molecule has 0 fully saturated rings. The number of amides is 1. The predicted molar refractivity (Wildman–Crippen MR) is 81.2 cm³/mol. The molecule has 5 heteroatoms. The van der Waals surface area contributed by atoms with Crippen molar-refractivity contribution >= 4 is 29.1 Å². The molecule has 1 rings (SSSR count). The van der Waals surface area contributed by atoms with Gasteiger partial charge in [-0.1, -0.05) is 37.0 Å². The quantitative estimate of drug-likeness (QED) is 0.873. The first-order valence-corrected chi connectivity index (χ1v) is 7.22. The summed E-state index contributed by atoms with van der Waals surface area (Å²) in [4.78, 5) is 14.3. The molecule has 0 aliphatic heterocycles. The van der Waals surface area contributed by atoms with E-state index < -0.39 is 0 Å². The summed E-state index contributed by atoms with van der Waals surface area (Å²) in [5.41, 5.74) is 0.529. The van der Waals surface area contributed by atoms with E-state index in [0.717, 1.165) is 13.1 Å². The van der Waals surface area contributed by atoms with Gasteiger partial charge in [-0.25, -0.2) is 0 Å². The van der Waals surface area contributed by atoms with Gasteiger partial charge in [-0.2, -0.15) is 0 Å². The van der Waals surface area contributed by atoms with Gasteiger partial charge in [-0.15, -0.1) is 0 Å². The van der Waals surface area contributed by atoms with Crippen LogP contribution in [0.15, 0.2) is 18.2 Å². The van der Waals surface area contributed by atoms with Gasteiger partial charge in [0.1, 0.15) is 0 Å². The first kappa shape index (κ1) is 16.3. The molecule has 0 aromatic heterocycles. The molecule has 1 aromatic carbocycles. The second kappa shape index (κ2) is 7.73. The maximum absolute atomic E-state index is 12.0. The van der Waals surface area contributed by atoms with E-state index >= 15 is 0 Å². The van der Waals surface area contributed by atoms with Gasteiger partial charge in [-0.05, 0) is 38.2 Å². The zero-order valence-electron chi connectivity index (χ0n) is 11.5. The Bertz CT molecular complexity index is 433. The molecule has 0 aliphatic rings. The molecule has 1 N–H and O–H groups in total. The van der Waals surface area contributed by atoms with Crippen molar-refractivity contribution in [2.45, 2.75) is 26.8 Å². The molecular weight excluding hydrogens is 283 g/mol. The largest absolute Gasteiger partial charge is 0.350 e. The van der Waals surface area contributed by atoms with Crippen molar-refractivity contribution in [3.63, 3.8) is 0 Å². The topological polar surface area (TPSA) is 32.3 Å². The Kier molecular flexibility index (Phi) is 6.63. The number of nitrogens with one attached hydrogen (secondary N) is 1. The van der Waals surface area contributed by atoms with Crippen LogP contribution in [0.3, 0.4) is 0 Å². The van der Waals surface area contributed by atoms with E-state index in [9.17, 15) is 4.79 Å². The van der Waals surface area contributed by atoms with E-state index in [0.29, 0.717) is 28.2 Å². The summed E-state index contributed by atoms with van der Waals surface area (Å²) in [6, 6.07) is 5.20. The monoisotopic (exact) mass is 302 g/mol. The van der Waals surface area contributed by atoms with Crippen molar-refractivity contribution in [2.75, 3.05) is 19.6 Å². The van der Waals surface area contributed by atoms with Gasteiger partial charge >= 0.3 is 0 Å². The van der Waals surface area contributed by atoms with Crippen LogP contribution in [0.25, 0.3) is 0 Å². The van der Waals surface area contributed by atoms with Crippen molar-refractivity contribution in [3.8, 4) is 0 Å².